The van der Waals surface area contributed by atoms with E-state index in [0.717, 1.165) is 4.68 Å². The lowest BCUT2D eigenvalue weighted by Gasteiger charge is -2.24. The predicted molar refractivity (Wildman–Crippen MR) is 95.2 cm³/mol. The molecular formula is C17H22N6O3. The van der Waals surface area contributed by atoms with Gasteiger partial charge in [-0.05, 0) is 32.4 Å². The molecule has 2 heterocycles. The van der Waals surface area contributed by atoms with Crippen LogP contribution in [0.3, 0.4) is 0 Å². The molecule has 9 nitrogen and oxygen atoms in total. The molecule has 1 saturated heterocycles. The average Bonchev–Trinajstić information content (AvgIpc) is 2.99. The van der Waals surface area contributed by atoms with Gasteiger partial charge in [-0.1, -0.05) is 17.3 Å². The summed E-state index contributed by atoms with van der Waals surface area (Å²) in [4.78, 5) is 39.0. The Morgan fingerprint density at radius 3 is 2.81 bits per heavy atom. The number of nitrogens with two attached hydrogens (primary N) is 1. The number of rotatable bonds is 4. The van der Waals surface area contributed by atoms with Crippen molar-refractivity contribution in [2.75, 3.05) is 6.54 Å². The average molecular weight is 358 g/mol. The van der Waals surface area contributed by atoms with Gasteiger partial charge in [0.25, 0.3) is 5.56 Å². The van der Waals surface area contributed by atoms with E-state index in [0.29, 0.717) is 17.3 Å². The first-order chi connectivity index (χ1) is 12.4. The number of carbonyl (C=O) groups is 2. The van der Waals surface area contributed by atoms with Crippen molar-refractivity contribution < 1.29 is 9.59 Å². The van der Waals surface area contributed by atoms with Crippen LogP contribution in [-0.4, -0.2) is 56.4 Å². The van der Waals surface area contributed by atoms with Crippen LogP contribution in [0.15, 0.2) is 29.1 Å². The number of nitrogens with one attached hydrogen (secondary N) is 1. The van der Waals surface area contributed by atoms with E-state index in [1.807, 2.05) is 13.8 Å². The van der Waals surface area contributed by atoms with Crippen LogP contribution < -0.4 is 16.6 Å². The molecule has 2 aromatic rings. The van der Waals surface area contributed by atoms with Crippen LogP contribution in [0.25, 0.3) is 10.9 Å². The molecule has 0 aliphatic carbocycles. The number of aromatic nitrogens is 3. The zero-order chi connectivity index (χ0) is 18.8. The highest BCUT2D eigenvalue weighted by Gasteiger charge is 2.38. The largest absolute Gasteiger partial charge is 0.352 e. The molecule has 1 aliphatic rings. The van der Waals surface area contributed by atoms with Crippen LogP contribution in [0, 0.1) is 0 Å². The normalized spacial score (nSPS) is 19.9. The molecular weight excluding hydrogens is 336 g/mol. The van der Waals surface area contributed by atoms with Crippen LogP contribution >= 0.6 is 0 Å². The van der Waals surface area contributed by atoms with Gasteiger partial charge >= 0.3 is 0 Å². The molecule has 26 heavy (non-hydrogen) atoms. The lowest BCUT2D eigenvalue weighted by molar-refractivity contribution is -0.139. The molecule has 3 rings (SSSR count). The Labute approximate surface area is 150 Å². The lowest BCUT2D eigenvalue weighted by Crippen LogP contribution is -2.49. The van der Waals surface area contributed by atoms with Crippen molar-refractivity contribution in [2.24, 2.45) is 5.73 Å². The molecule has 9 heteroatoms. The SMILES string of the molecule is CC(C)NC(=O)[C@@H]1C[C@H](N)CN1C(=O)Cn1nnc2ccccc2c1=O. The molecule has 0 saturated carbocycles. The summed E-state index contributed by atoms with van der Waals surface area (Å²) in [5, 5.41) is 11.0. The Kier molecular flexibility index (Phi) is 4.99. The Morgan fingerprint density at radius 1 is 1.35 bits per heavy atom. The summed E-state index contributed by atoms with van der Waals surface area (Å²) in [6.07, 6.45) is 0.391. The number of likely N-dealkylation sites (tertiary alicyclic amines) is 1. The number of nitrogens with zero attached hydrogens (tertiary/aromatic N) is 4. The van der Waals surface area contributed by atoms with Gasteiger partial charge in [0.1, 0.15) is 18.1 Å². The van der Waals surface area contributed by atoms with E-state index in [4.69, 9.17) is 5.73 Å². The molecule has 3 N–H and O–H groups in total. The summed E-state index contributed by atoms with van der Waals surface area (Å²) in [7, 11) is 0. The van der Waals surface area contributed by atoms with Gasteiger partial charge in [0.2, 0.25) is 11.8 Å². The highest BCUT2D eigenvalue weighted by molar-refractivity contribution is 5.88. The van der Waals surface area contributed by atoms with Gasteiger partial charge in [0, 0.05) is 18.6 Å². The highest BCUT2D eigenvalue weighted by atomic mass is 16.2. The minimum absolute atomic E-state index is 0.0368. The first-order valence-electron chi connectivity index (χ1n) is 8.54. The van der Waals surface area contributed by atoms with Gasteiger partial charge in [0.05, 0.1) is 5.39 Å². The zero-order valence-electron chi connectivity index (χ0n) is 14.8. The summed E-state index contributed by atoms with van der Waals surface area (Å²) >= 11 is 0. The second-order valence-corrected chi connectivity index (χ2v) is 6.79. The Morgan fingerprint density at radius 2 is 2.08 bits per heavy atom. The van der Waals surface area contributed by atoms with Crippen molar-refractivity contribution in [2.45, 2.75) is 44.9 Å². The molecule has 1 fully saturated rings. The number of fused-ring (bicyclic) bond motifs is 1. The lowest BCUT2D eigenvalue weighted by atomic mass is 10.1. The van der Waals surface area contributed by atoms with Gasteiger partial charge in [-0.25, -0.2) is 4.68 Å². The number of hydrogen-bond donors (Lipinski definition) is 2. The molecule has 0 radical (unpaired) electrons. The number of amides is 2. The quantitative estimate of drug-likeness (QED) is 0.741. The van der Waals surface area contributed by atoms with Crippen molar-refractivity contribution >= 4 is 22.7 Å². The maximum atomic E-state index is 12.7. The standard InChI is InChI=1S/C17H22N6O3/c1-10(2)19-16(25)14-7-11(18)8-22(14)15(24)9-23-17(26)12-5-3-4-6-13(12)20-21-23/h3-6,10-11,14H,7-9,18H2,1-2H3,(H,19,25)/t11-,14-/m0/s1. The van der Waals surface area contributed by atoms with Crippen molar-refractivity contribution in [3.8, 4) is 0 Å². The van der Waals surface area contributed by atoms with Crippen molar-refractivity contribution in [3.05, 3.63) is 34.6 Å². The summed E-state index contributed by atoms with van der Waals surface area (Å²) in [5.74, 6) is -0.619. The van der Waals surface area contributed by atoms with Crippen LogP contribution in [0.1, 0.15) is 20.3 Å². The Hall–Kier alpha value is -2.81. The summed E-state index contributed by atoms with van der Waals surface area (Å²) in [6, 6.07) is 5.86. The fourth-order valence-electron chi connectivity index (χ4n) is 3.12. The molecule has 0 spiro atoms. The molecule has 2 amide bonds. The van der Waals surface area contributed by atoms with E-state index in [1.165, 1.54) is 4.90 Å². The summed E-state index contributed by atoms with van der Waals surface area (Å²) < 4.78 is 1.02. The van der Waals surface area contributed by atoms with E-state index in [-0.39, 0.29) is 37.0 Å². The second kappa shape index (κ2) is 7.20. The molecule has 1 aromatic heterocycles. The van der Waals surface area contributed by atoms with Crippen LogP contribution in [0.4, 0.5) is 0 Å². The molecule has 1 aliphatic heterocycles. The number of carbonyl (C=O) groups excluding carboxylic acids is 2. The van der Waals surface area contributed by atoms with E-state index in [2.05, 4.69) is 15.6 Å². The monoisotopic (exact) mass is 358 g/mol. The Bertz CT molecular complexity index is 893. The van der Waals surface area contributed by atoms with E-state index in [1.54, 1.807) is 24.3 Å². The van der Waals surface area contributed by atoms with Crippen LogP contribution in [0.2, 0.25) is 0 Å². The third-order valence-electron chi connectivity index (χ3n) is 4.30. The predicted octanol–water partition coefficient (Wildman–Crippen LogP) is -0.756. The maximum absolute atomic E-state index is 12.7. The third kappa shape index (κ3) is 3.57. The summed E-state index contributed by atoms with van der Waals surface area (Å²) in [5.41, 5.74) is 6.03. The first-order valence-corrected chi connectivity index (χ1v) is 8.54. The molecule has 1 aromatic carbocycles. The first kappa shape index (κ1) is 18.0. The van der Waals surface area contributed by atoms with Gasteiger partial charge in [-0.15, -0.1) is 5.10 Å². The zero-order valence-corrected chi connectivity index (χ0v) is 14.8. The maximum Gasteiger partial charge on any atom is 0.278 e. The van der Waals surface area contributed by atoms with Gasteiger partial charge in [0.15, 0.2) is 0 Å². The van der Waals surface area contributed by atoms with E-state index in [9.17, 15) is 14.4 Å². The Balaban J connectivity index is 1.81. The van der Waals surface area contributed by atoms with Crippen molar-refractivity contribution in [3.63, 3.8) is 0 Å². The third-order valence-corrected chi connectivity index (χ3v) is 4.30. The number of hydrogen-bond acceptors (Lipinski definition) is 6. The van der Waals surface area contributed by atoms with Gasteiger partial charge < -0.3 is 16.0 Å². The number of benzene rings is 1. The van der Waals surface area contributed by atoms with Crippen molar-refractivity contribution in [1.82, 2.24) is 25.2 Å². The van der Waals surface area contributed by atoms with E-state index < -0.39 is 11.6 Å². The van der Waals surface area contributed by atoms with Gasteiger partial charge in [-0.2, -0.15) is 0 Å². The molecule has 2 atom stereocenters. The van der Waals surface area contributed by atoms with Crippen LogP contribution in [-0.2, 0) is 16.1 Å². The highest BCUT2D eigenvalue weighted by Crippen LogP contribution is 2.17. The molecule has 138 valence electrons. The molecule has 0 bridgehead atoms. The van der Waals surface area contributed by atoms with Crippen LogP contribution in [0.5, 0.6) is 0 Å². The smallest absolute Gasteiger partial charge is 0.278 e. The van der Waals surface area contributed by atoms with Crippen molar-refractivity contribution in [1.29, 1.82) is 0 Å². The van der Waals surface area contributed by atoms with E-state index >= 15 is 0 Å². The molecule has 0 unspecified atom stereocenters. The van der Waals surface area contributed by atoms with Gasteiger partial charge in [-0.3, -0.25) is 14.4 Å². The second-order valence-electron chi connectivity index (χ2n) is 6.79. The minimum Gasteiger partial charge on any atom is -0.352 e. The topological polar surface area (TPSA) is 123 Å². The summed E-state index contributed by atoms with van der Waals surface area (Å²) in [6.45, 7) is 3.69. The minimum atomic E-state index is -0.635. The fourth-order valence-corrected chi connectivity index (χ4v) is 3.12. The fraction of sp³-hybridized carbons (Fsp3) is 0.471.